The number of aromatic amines is 1. The summed E-state index contributed by atoms with van der Waals surface area (Å²) in [6.07, 6.45) is 1.34. The molecule has 0 fully saturated rings. The number of nitro benzene ring substituents is 1. The summed E-state index contributed by atoms with van der Waals surface area (Å²) in [5.41, 5.74) is 2.83. The molecule has 27 heavy (non-hydrogen) atoms. The largest absolute Gasteiger partial charge is 0.301 e. The molecule has 0 aliphatic rings. The van der Waals surface area contributed by atoms with Crippen LogP contribution >= 0.6 is 34.4 Å². The molecule has 1 N–H and O–H groups in total. The summed E-state index contributed by atoms with van der Waals surface area (Å²) in [5, 5.41) is 11.3. The van der Waals surface area contributed by atoms with Crippen LogP contribution < -0.4 is 5.56 Å². The van der Waals surface area contributed by atoms with Gasteiger partial charge in [0.25, 0.3) is 11.2 Å². The molecule has 0 spiro atoms. The molecule has 0 atom stereocenters. The number of thioether (sulfide) groups is 1. The molecule has 6 nitrogen and oxygen atoms in total. The topological polar surface area (TPSA) is 88.9 Å². The molecule has 138 valence electrons. The molecule has 0 saturated carbocycles. The maximum absolute atomic E-state index is 12.2. The molecule has 3 aromatic rings. The lowest BCUT2D eigenvalue weighted by molar-refractivity contribution is -0.384. The van der Waals surface area contributed by atoms with E-state index in [4.69, 9.17) is 0 Å². The van der Waals surface area contributed by atoms with Gasteiger partial charge in [0.1, 0.15) is 3.57 Å². The third-order valence-electron chi connectivity index (χ3n) is 3.90. The van der Waals surface area contributed by atoms with E-state index >= 15 is 0 Å². The SMILES string of the molecule is O=c1[nH]c(SCCc2ccc([N+](=O)[O-])cc2)nc(Cc2ccccc2)c1I. The summed E-state index contributed by atoms with van der Waals surface area (Å²) in [4.78, 5) is 29.9. The number of benzene rings is 2. The summed E-state index contributed by atoms with van der Waals surface area (Å²) < 4.78 is 0.608. The van der Waals surface area contributed by atoms with Gasteiger partial charge in [-0.2, -0.15) is 0 Å². The summed E-state index contributed by atoms with van der Waals surface area (Å²) in [6.45, 7) is 0. The number of aryl methyl sites for hydroxylation is 1. The van der Waals surface area contributed by atoms with Gasteiger partial charge in [-0.25, -0.2) is 4.98 Å². The van der Waals surface area contributed by atoms with Crippen LogP contribution in [0.1, 0.15) is 16.8 Å². The van der Waals surface area contributed by atoms with Gasteiger partial charge < -0.3 is 4.98 Å². The van der Waals surface area contributed by atoms with Gasteiger partial charge in [0.15, 0.2) is 5.16 Å². The molecule has 3 rings (SSSR count). The van der Waals surface area contributed by atoms with Crippen molar-refractivity contribution in [2.75, 3.05) is 5.75 Å². The molecule has 0 aliphatic heterocycles. The zero-order valence-electron chi connectivity index (χ0n) is 14.2. The molecule has 8 heteroatoms. The van der Waals surface area contributed by atoms with Crippen LogP contribution in [0.2, 0.25) is 0 Å². The van der Waals surface area contributed by atoms with Crippen LogP contribution in [0.5, 0.6) is 0 Å². The van der Waals surface area contributed by atoms with Gasteiger partial charge in [-0.15, -0.1) is 0 Å². The van der Waals surface area contributed by atoms with Crippen molar-refractivity contribution < 1.29 is 4.92 Å². The lowest BCUT2D eigenvalue weighted by Gasteiger charge is -2.07. The maximum Gasteiger partial charge on any atom is 0.269 e. The van der Waals surface area contributed by atoms with E-state index in [-0.39, 0.29) is 11.2 Å². The second-order valence-electron chi connectivity index (χ2n) is 5.82. The number of hydrogen-bond donors (Lipinski definition) is 1. The highest BCUT2D eigenvalue weighted by Crippen LogP contribution is 2.19. The third kappa shape index (κ3) is 5.39. The Bertz CT molecular complexity index is 991. The second-order valence-corrected chi connectivity index (χ2v) is 7.98. The monoisotopic (exact) mass is 493 g/mol. The van der Waals surface area contributed by atoms with Gasteiger partial charge in [-0.1, -0.05) is 54.2 Å². The molecule has 2 aromatic carbocycles. The Kier molecular flexibility index (Phi) is 6.62. The van der Waals surface area contributed by atoms with Crippen molar-refractivity contribution in [2.24, 2.45) is 0 Å². The van der Waals surface area contributed by atoms with Gasteiger partial charge in [0, 0.05) is 24.3 Å². The zero-order chi connectivity index (χ0) is 19.2. The predicted octanol–water partition coefficient (Wildman–Crippen LogP) is 4.21. The van der Waals surface area contributed by atoms with Crippen LogP contribution in [0.25, 0.3) is 0 Å². The average Bonchev–Trinajstić information content (AvgIpc) is 2.67. The maximum atomic E-state index is 12.2. The molecule has 0 amide bonds. The number of aromatic nitrogens is 2. The van der Waals surface area contributed by atoms with E-state index in [0.29, 0.717) is 20.9 Å². The smallest absolute Gasteiger partial charge is 0.269 e. The molecular formula is C19H16IN3O3S. The minimum atomic E-state index is -0.410. The van der Waals surface area contributed by atoms with Crippen molar-refractivity contribution in [1.82, 2.24) is 9.97 Å². The van der Waals surface area contributed by atoms with Gasteiger partial charge >= 0.3 is 0 Å². The van der Waals surface area contributed by atoms with E-state index in [0.717, 1.165) is 23.2 Å². The van der Waals surface area contributed by atoms with Crippen molar-refractivity contribution in [2.45, 2.75) is 18.0 Å². The van der Waals surface area contributed by atoms with Crippen LogP contribution in [0, 0.1) is 13.7 Å². The van der Waals surface area contributed by atoms with Gasteiger partial charge in [-0.05, 0) is 40.1 Å². The highest BCUT2D eigenvalue weighted by Gasteiger charge is 2.10. The van der Waals surface area contributed by atoms with Crippen LogP contribution in [-0.2, 0) is 12.8 Å². The number of nitrogens with zero attached hydrogens (tertiary/aromatic N) is 2. The Labute approximate surface area is 173 Å². The van der Waals surface area contributed by atoms with E-state index in [1.165, 1.54) is 23.9 Å². The highest BCUT2D eigenvalue weighted by atomic mass is 127. The Morgan fingerprint density at radius 3 is 2.44 bits per heavy atom. The Morgan fingerprint density at radius 2 is 1.78 bits per heavy atom. The fraction of sp³-hybridized carbons (Fsp3) is 0.158. The van der Waals surface area contributed by atoms with Crippen molar-refractivity contribution in [1.29, 1.82) is 0 Å². The zero-order valence-corrected chi connectivity index (χ0v) is 17.2. The van der Waals surface area contributed by atoms with Gasteiger partial charge in [0.2, 0.25) is 0 Å². The molecule has 0 aliphatic carbocycles. The second kappa shape index (κ2) is 9.14. The summed E-state index contributed by atoms with van der Waals surface area (Å²) in [6, 6.07) is 16.4. The molecule has 0 radical (unpaired) electrons. The summed E-state index contributed by atoms with van der Waals surface area (Å²) >= 11 is 3.50. The highest BCUT2D eigenvalue weighted by molar-refractivity contribution is 14.1. The first-order valence-electron chi connectivity index (χ1n) is 8.21. The van der Waals surface area contributed by atoms with E-state index in [1.807, 2.05) is 52.9 Å². The van der Waals surface area contributed by atoms with Crippen molar-refractivity contribution >= 4 is 40.0 Å². The third-order valence-corrected chi connectivity index (χ3v) is 5.89. The van der Waals surface area contributed by atoms with Crippen molar-refractivity contribution in [3.8, 4) is 0 Å². The molecule has 1 heterocycles. The first kappa shape index (κ1) is 19.6. The van der Waals surface area contributed by atoms with Gasteiger partial charge in [-0.3, -0.25) is 14.9 Å². The number of hydrogen-bond acceptors (Lipinski definition) is 5. The van der Waals surface area contributed by atoms with Crippen molar-refractivity contribution in [3.05, 3.63) is 95.5 Å². The number of rotatable bonds is 7. The lowest BCUT2D eigenvalue weighted by Crippen LogP contribution is -2.16. The number of H-pyrrole nitrogens is 1. The number of nitro groups is 1. The van der Waals surface area contributed by atoms with Crippen LogP contribution in [0.15, 0.2) is 64.5 Å². The molecule has 0 unspecified atom stereocenters. The van der Waals surface area contributed by atoms with Crippen LogP contribution in [-0.4, -0.2) is 20.6 Å². The van der Waals surface area contributed by atoms with Gasteiger partial charge in [0.05, 0.1) is 10.6 Å². The Hall–Kier alpha value is -2.20. The first-order chi connectivity index (χ1) is 13.0. The van der Waals surface area contributed by atoms with Crippen LogP contribution in [0.4, 0.5) is 5.69 Å². The lowest BCUT2D eigenvalue weighted by atomic mass is 10.1. The molecule has 0 bridgehead atoms. The van der Waals surface area contributed by atoms with E-state index in [2.05, 4.69) is 9.97 Å². The predicted molar refractivity (Wildman–Crippen MR) is 114 cm³/mol. The van der Waals surface area contributed by atoms with E-state index < -0.39 is 4.92 Å². The quantitative estimate of drug-likeness (QED) is 0.175. The van der Waals surface area contributed by atoms with Crippen LogP contribution in [0.3, 0.4) is 0 Å². The standard InChI is InChI=1S/C19H16IN3O3S/c20-17-16(12-14-4-2-1-3-5-14)21-19(22-18(17)24)27-11-10-13-6-8-15(9-7-13)23(25)26/h1-9H,10-12H2,(H,21,22,24). The normalized spacial score (nSPS) is 10.7. The minimum Gasteiger partial charge on any atom is -0.301 e. The first-order valence-corrected chi connectivity index (χ1v) is 10.3. The number of halogens is 1. The van der Waals surface area contributed by atoms with E-state index in [9.17, 15) is 14.9 Å². The number of nitrogens with one attached hydrogen (secondary N) is 1. The summed E-state index contributed by atoms with van der Waals surface area (Å²) in [5.74, 6) is 0.714. The van der Waals surface area contributed by atoms with E-state index in [1.54, 1.807) is 12.1 Å². The van der Waals surface area contributed by atoms with Crippen molar-refractivity contribution in [3.63, 3.8) is 0 Å². The molecule has 1 aromatic heterocycles. The fourth-order valence-electron chi connectivity index (χ4n) is 2.51. The molecular weight excluding hydrogens is 477 g/mol. The fourth-order valence-corrected chi connectivity index (χ4v) is 3.82. The number of non-ortho nitro benzene ring substituents is 1. The summed E-state index contributed by atoms with van der Waals surface area (Å²) in [7, 11) is 0. The Morgan fingerprint density at radius 1 is 1.07 bits per heavy atom. The molecule has 0 saturated heterocycles. The average molecular weight is 493 g/mol. The minimum absolute atomic E-state index is 0.0839. The Balaban J connectivity index is 1.66.